The highest BCUT2D eigenvalue weighted by Gasteiger charge is 1.98. The molecular weight excluding hydrogens is 312 g/mol. The maximum absolute atomic E-state index is 5.44. The lowest BCUT2D eigenvalue weighted by Crippen LogP contribution is -2.11. The van der Waals surface area contributed by atoms with E-state index in [9.17, 15) is 0 Å². The molecular formula is C21H43O2Si. The standard InChI is InChI=1S/C21H43O2Si/c1-3-4-5-6-7-8-9-10-11-12-13-14-15-16-17-18-19-20-22-21(2)23-24/h21H,3-20H2,1-2H3. The van der Waals surface area contributed by atoms with Gasteiger partial charge in [-0.2, -0.15) is 0 Å². The summed E-state index contributed by atoms with van der Waals surface area (Å²) in [6, 6.07) is 0. The Morgan fingerprint density at radius 1 is 0.583 bits per heavy atom. The molecule has 0 aromatic carbocycles. The first kappa shape index (κ1) is 24.1. The van der Waals surface area contributed by atoms with Gasteiger partial charge in [0.15, 0.2) is 0 Å². The van der Waals surface area contributed by atoms with Gasteiger partial charge < -0.3 is 9.16 Å². The van der Waals surface area contributed by atoms with Gasteiger partial charge in [0.05, 0.1) is 0 Å². The molecule has 3 radical (unpaired) electrons. The van der Waals surface area contributed by atoms with Crippen molar-refractivity contribution in [1.29, 1.82) is 0 Å². The Kier molecular flexibility index (Phi) is 21.3. The SMILES string of the molecule is CCCCCCCCCCCCCCCCCCCOC(C)O[Si]. The van der Waals surface area contributed by atoms with Gasteiger partial charge in [0, 0.05) is 6.61 Å². The maximum atomic E-state index is 5.44. The number of rotatable bonds is 20. The van der Waals surface area contributed by atoms with Gasteiger partial charge in [0.25, 0.3) is 0 Å². The fourth-order valence-corrected chi connectivity index (χ4v) is 3.18. The Labute approximate surface area is 156 Å². The lowest BCUT2D eigenvalue weighted by atomic mass is 10.0. The van der Waals surface area contributed by atoms with E-state index in [0.717, 1.165) is 13.0 Å². The molecule has 1 atom stereocenters. The van der Waals surface area contributed by atoms with Gasteiger partial charge >= 0.3 is 0 Å². The zero-order valence-electron chi connectivity index (χ0n) is 16.6. The zero-order chi connectivity index (χ0) is 17.7. The molecule has 143 valence electrons. The molecule has 2 nitrogen and oxygen atoms in total. The highest BCUT2D eigenvalue weighted by Crippen LogP contribution is 2.14. The summed E-state index contributed by atoms with van der Waals surface area (Å²) in [7, 11) is 2.99. The van der Waals surface area contributed by atoms with Gasteiger partial charge in [0.1, 0.15) is 6.29 Å². The molecule has 0 aliphatic rings. The minimum atomic E-state index is -0.136. The minimum Gasteiger partial charge on any atom is -0.394 e. The Balaban J connectivity index is 2.98. The van der Waals surface area contributed by atoms with E-state index in [1.165, 1.54) is 103 Å². The Morgan fingerprint density at radius 3 is 1.25 bits per heavy atom. The molecule has 0 amide bonds. The molecule has 24 heavy (non-hydrogen) atoms. The molecule has 0 fully saturated rings. The molecule has 0 bridgehead atoms. The van der Waals surface area contributed by atoms with Crippen molar-refractivity contribution in [3.05, 3.63) is 0 Å². The third-order valence-corrected chi connectivity index (χ3v) is 5.10. The van der Waals surface area contributed by atoms with E-state index in [1.807, 2.05) is 6.92 Å². The summed E-state index contributed by atoms with van der Waals surface area (Å²) < 4.78 is 10.3. The van der Waals surface area contributed by atoms with Gasteiger partial charge in [-0.3, -0.25) is 0 Å². The summed E-state index contributed by atoms with van der Waals surface area (Å²) in [4.78, 5) is 0. The maximum Gasteiger partial charge on any atom is 0.249 e. The second-order valence-electron chi connectivity index (χ2n) is 7.21. The number of unbranched alkanes of at least 4 members (excludes halogenated alkanes) is 16. The van der Waals surface area contributed by atoms with E-state index in [4.69, 9.17) is 9.16 Å². The molecule has 0 rings (SSSR count). The van der Waals surface area contributed by atoms with E-state index < -0.39 is 0 Å². The van der Waals surface area contributed by atoms with Crippen LogP contribution in [0.1, 0.15) is 123 Å². The van der Waals surface area contributed by atoms with Crippen LogP contribution in [0.15, 0.2) is 0 Å². The average Bonchev–Trinajstić information content (AvgIpc) is 2.60. The second-order valence-corrected chi connectivity index (χ2v) is 7.45. The summed E-state index contributed by atoms with van der Waals surface area (Å²) in [5.41, 5.74) is 0. The summed E-state index contributed by atoms with van der Waals surface area (Å²) in [5.74, 6) is 0. The van der Waals surface area contributed by atoms with Crippen LogP contribution in [0.4, 0.5) is 0 Å². The molecule has 0 aromatic heterocycles. The molecule has 3 heteroatoms. The van der Waals surface area contributed by atoms with Crippen molar-refractivity contribution in [3.8, 4) is 0 Å². The normalized spacial score (nSPS) is 12.6. The largest absolute Gasteiger partial charge is 0.394 e. The van der Waals surface area contributed by atoms with Crippen molar-refractivity contribution < 1.29 is 9.16 Å². The van der Waals surface area contributed by atoms with Gasteiger partial charge in [-0.05, 0) is 13.3 Å². The molecule has 0 spiro atoms. The van der Waals surface area contributed by atoms with E-state index in [2.05, 4.69) is 17.4 Å². The van der Waals surface area contributed by atoms with Crippen LogP contribution in [0.2, 0.25) is 0 Å². The predicted molar refractivity (Wildman–Crippen MR) is 106 cm³/mol. The monoisotopic (exact) mass is 355 g/mol. The molecule has 0 saturated heterocycles. The summed E-state index contributed by atoms with van der Waals surface area (Å²) in [6.07, 6.45) is 23.8. The molecule has 0 saturated carbocycles. The van der Waals surface area contributed by atoms with Crippen molar-refractivity contribution in [2.45, 2.75) is 129 Å². The van der Waals surface area contributed by atoms with Gasteiger partial charge in [0.2, 0.25) is 10.5 Å². The van der Waals surface area contributed by atoms with Crippen LogP contribution in [-0.4, -0.2) is 23.4 Å². The van der Waals surface area contributed by atoms with Gasteiger partial charge in [-0.1, -0.05) is 110 Å². The predicted octanol–water partition coefficient (Wildman–Crippen LogP) is 7.10. The Hall–Kier alpha value is 0.137. The quantitative estimate of drug-likeness (QED) is 0.132. The third kappa shape index (κ3) is 20.2. The lowest BCUT2D eigenvalue weighted by molar-refractivity contribution is -0.0639. The highest BCUT2D eigenvalue weighted by atomic mass is 28.2. The Morgan fingerprint density at radius 2 is 0.917 bits per heavy atom. The van der Waals surface area contributed by atoms with Crippen LogP contribution in [0.25, 0.3) is 0 Å². The smallest absolute Gasteiger partial charge is 0.249 e. The molecule has 0 N–H and O–H groups in total. The van der Waals surface area contributed by atoms with Crippen LogP contribution in [0.5, 0.6) is 0 Å². The third-order valence-electron chi connectivity index (χ3n) is 4.77. The first-order valence-corrected chi connectivity index (χ1v) is 11.2. The fourth-order valence-electron chi connectivity index (χ4n) is 3.11. The van der Waals surface area contributed by atoms with Crippen LogP contribution < -0.4 is 0 Å². The molecule has 0 aliphatic heterocycles. The van der Waals surface area contributed by atoms with E-state index >= 15 is 0 Å². The fraction of sp³-hybridized carbons (Fsp3) is 1.00. The van der Waals surface area contributed by atoms with Crippen molar-refractivity contribution in [2.75, 3.05) is 6.61 Å². The van der Waals surface area contributed by atoms with Gasteiger partial charge in [-0.25, -0.2) is 0 Å². The Bertz CT molecular complexity index is 224. The zero-order valence-corrected chi connectivity index (χ0v) is 17.6. The van der Waals surface area contributed by atoms with Crippen molar-refractivity contribution in [2.24, 2.45) is 0 Å². The number of ether oxygens (including phenoxy) is 1. The van der Waals surface area contributed by atoms with Crippen molar-refractivity contribution >= 4 is 10.5 Å². The van der Waals surface area contributed by atoms with Crippen molar-refractivity contribution in [1.82, 2.24) is 0 Å². The molecule has 0 aliphatic carbocycles. The summed E-state index contributed by atoms with van der Waals surface area (Å²) in [5, 5.41) is 0. The topological polar surface area (TPSA) is 18.5 Å². The minimum absolute atomic E-state index is 0.136. The summed E-state index contributed by atoms with van der Waals surface area (Å²) in [6.45, 7) is 5.00. The van der Waals surface area contributed by atoms with Crippen molar-refractivity contribution in [3.63, 3.8) is 0 Å². The number of hydrogen-bond donors (Lipinski definition) is 0. The number of hydrogen-bond acceptors (Lipinski definition) is 2. The first-order chi connectivity index (χ1) is 11.8. The van der Waals surface area contributed by atoms with Crippen LogP contribution in [-0.2, 0) is 9.16 Å². The molecule has 0 heterocycles. The van der Waals surface area contributed by atoms with E-state index in [0.29, 0.717) is 0 Å². The highest BCUT2D eigenvalue weighted by molar-refractivity contribution is 5.98. The van der Waals surface area contributed by atoms with E-state index in [1.54, 1.807) is 0 Å². The van der Waals surface area contributed by atoms with Crippen LogP contribution in [0.3, 0.4) is 0 Å². The van der Waals surface area contributed by atoms with E-state index in [-0.39, 0.29) is 6.29 Å². The first-order valence-electron chi connectivity index (χ1n) is 10.7. The second kappa shape index (κ2) is 21.2. The van der Waals surface area contributed by atoms with Gasteiger partial charge in [-0.15, -0.1) is 0 Å². The lowest BCUT2D eigenvalue weighted by Gasteiger charge is -2.10. The molecule has 0 aromatic rings. The van der Waals surface area contributed by atoms with Crippen LogP contribution >= 0.6 is 0 Å². The average molecular weight is 356 g/mol. The summed E-state index contributed by atoms with van der Waals surface area (Å²) >= 11 is 0. The molecule has 1 unspecified atom stereocenters. The van der Waals surface area contributed by atoms with Crippen LogP contribution in [0, 0.1) is 0 Å².